The van der Waals surface area contributed by atoms with E-state index in [1.165, 1.54) is 0 Å². The van der Waals surface area contributed by atoms with Crippen molar-refractivity contribution >= 4 is 17.4 Å². The molecule has 6 heteroatoms. The number of nitrogens with one attached hydrogen (secondary N) is 1. The zero-order valence-electron chi connectivity index (χ0n) is 11.4. The molecule has 1 aromatic heterocycles. The van der Waals surface area contributed by atoms with Gasteiger partial charge in [-0.1, -0.05) is 18.2 Å². The molecule has 1 amide bonds. The second kappa shape index (κ2) is 4.56. The van der Waals surface area contributed by atoms with E-state index in [1.807, 2.05) is 24.3 Å². The number of anilines is 2. The van der Waals surface area contributed by atoms with Gasteiger partial charge in [0.25, 0.3) is 5.91 Å². The number of fused-ring (bicyclic) bond motifs is 1. The zero-order chi connectivity index (χ0) is 14.3. The number of aryl methyl sites for hydroxylation is 2. The average molecular weight is 272 g/mol. The van der Waals surface area contributed by atoms with Gasteiger partial charge in [-0.3, -0.25) is 9.48 Å². The number of carbonyl (C=O) groups excluding carboxylic acids is 1. The first-order valence-corrected chi connectivity index (χ1v) is 6.40. The fourth-order valence-electron chi connectivity index (χ4n) is 2.35. The van der Waals surface area contributed by atoms with Crippen LogP contribution in [0.1, 0.15) is 11.3 Å². The molecule has 20 heavy (non-hydrogen) atoms. The van der Waals surface area contributed by atoms with E-state index in [1.54, 1.807) is 18.7 Å². The van der Waals surface area contributed by atoms with Crippen LogP contribution in [-0.2, 0) is 18.3 Å². The standard InChI is InChI=1S/C14H16N4O2/c1-8-12(15)13(18(2)17-8)16-14(19)11-7-9-5-3-4-6-10(9)20-11/h3-6,11H,7,15H2,1-2H3,(H,16,19). The van der Waals surface area contributed by atoms with E-state index in [4.69, 9.17) is 10.5 Å². The van der Waals surface area contributed by atoms with Gasteiger partial charge in [-0.2, -0.15) is 5.10 Å². The van der Waals surface area contributed by atoms with Gasteiger partial charge in [0.15, 0.2) is 11.9 Å². The summed E-state index contributed by atoms with van der Waals surface area (Å²) in [5.74, 6) is 1.06. The third-order valence-corrected chi connectivity index (χ3v) is 3.45. The van der Waals surface area contributed by atoms with Gasteiger partial charge in [0.2, 0.25) is 0 Å². The van der Waals surface area contributed by atoms with Crippen molar-refractivity contribution in [3.05, 3.63) is 35.5 Å². The number of rotatable bonds is 2. The molecule has 1 unspecified atom stereocenters. The molecular weight excluding hydrogens is 256 g/mol. The maximum absolute atomic E-state index is 12.3. The molecule has 0 saturated carbocycles. The number of hydrogen-bond acceptors (Lipinski definition) is 4. The highest BCUT2D eigenvalue weighted by atomic mass is 16.5. The number of benzene rings is 1. The number of nitrogens with zero attached hydrogens (tertiary/aromatic N) is 2. The molecule has 1 aliphatic heterocycles. The van der Waals surface area contributed by atoms with Crippen molar-refractivity contribution in [2.75, 3.05) is 11.1 Å². The molecule has 2 aromatic rings. The van der Waals surface area contributed by atoms with Crippen LogP contribution >= 0.6 is 0 Å². The van der Waals surface area contributed by atoms with Gasteiger partial charge in [-0.15, -0.1) is 0 Å². The van der Waals surface area contributed by atoms with Gasteiger partial charge in [0.1, 0.15) is 5.75 Å². The number of ether oxygens (including phenoxy) is 1. The summed E-state index contributed by atoms with van der Waals surface area (Å²) in [6.45, 7) is 1.80. The molecule has 6 nitrogen and oxygen atoms in total. The van der Waals surface area contributed by atoms with E-state index < -0.39 is 6.10 Å². The highest BCUT2D eigenvalue weighted by Crippen LogP contribution is 2.29. The van der Waals surface area contributed by atoms with Crippen molar-refractivity contribution in [3.63, 3.8) is 0 Å². The molecule has 1 aromatic carbocycles. The molecule has 0 bridgehead atoms. The van der Waals surface area contributed by atoms with Crippen LogP contribution in [0.25, 0.3) is 0 Å². The fourth-order valence-corrected chi connectivity index (χ4v) is 2.35. The SMILES string of the molecule is Cc1nn(C)c(NC(=O)C2Cc3ccccc3O2)c1N. The topological polar surface area (TPSA) is 82.2 Å². The second-order valence-corrected chi connectivity index (χ2v) is 4.88. The summed E-state index contributed by atoms with van der Waals surface area (Å²) in [5, 5.41) is 6.95. The Balaban J connectivity index is 1.76. The molecular formula is C14H16N4O2. The average Bonchev–Trinajstić information content (AvgIpc) is 2.95. The number of aromatic nitrogens is 2. The number of hydrogen-bond donors (Lipinski definition) is 2. The van der Waals surface area contributed by atoms with Crippen LogP contribution in [0.3, 0.4) is 0 Å². The first-order valence-electron chi connectivity index (χ1n) is 6.40. The molecule has 0 fully saturated rings. The van der Waals surface area contributed by atoms with Gasteiger partial charge in [0, 0.05) is 13.5 Å². The largest absolute Gasteiger partial charge is 0.480 e. The van der Waals surface area contributed by atoms with E-state index in [-0.39, 0.29) is 5.91 Å². The summed E-state index contributed by atoms with van der Waals surface area (Å²) < 4.78 is 7.21. The number of amides is 1. The van der Waals surface area contributed by atoms with E-state index in [0.29, 0.717) is 23.6 Å². The summed E-state index contributed by atoms with van der Waals surface area (Å²) in [4.78, 5) is 12.3. The summed E-state index contributed by atoms with van der Waals surface area (Å²) in [6.07, 6.45) is 0.0423. The first kappa shape index (κ1) is 12.5. The monoisotopic (exact) mass is 272 g/mol. The Morgan fingerprint density at radius 2 is 2.25 bits per heavy atom. The highest BCUT2D eigenvalue weighted by molar-refractivity contribution is 5.96. The Labute approximate surface area is 116 Å². The van der Waals surface area contributed by atoms with Crippen molar-refractivity contribution in [1.29, 1.82) is 0 Å². The third-order valence-electron chi connectivity index (χ3n) is 3.45. The minimum absolute atomic E-state index is 0.212. The molecule has 3 rings (SSSR count). The Bertz CT molecular complexity index is 653. The maximum atomic E-state index is 12.3. The first-order chi connectivity index (χ1) is 9.56. The predicted molar refractivity (Wildman–Crippen MR) is 75.5 cm³/mol. The molecule has 104 valence electrons. The lowest BCUT2D eigenvalue weighted by atomic mass is 10.1. The summed E-state index contributed by atoms with van der Waals surface area (Å²) in [5.41, 5.74) is 8.11. The molecule has 2 heterocycles. The van der Waals surface area contributed by atoms with E-state index in [0.717, 1.165) is 11.3 Å². The highest BCUT2D eigenvalue weighted by Gasteiger charge is 2.29. The molecule has 0 radical (unpaired) electrons. The summed E-state index contributed by atoms with van der Waals surface area (Å²) in [7, 11) is 1.74. The van der Waals surface area contributed by atoms with Gasteiger partial charge in [-0.25, -0.2) is 0 Å². The van der Waals surface area contributed by atoms with Crippen LogP contribution in [-0.4, -0.2) is 21.8 Å². The van der Waals surface area contributed by atoms with Crippen LogP contribution in [0.5, 0.6) is 5.75 Å². The Kier molecular flexibility index (Phi) is 2.85. The van der Waals surface area contributed by atoms with Crippen LogP contribution in [0.2, 0.25) is 0 Å². The van der Waals surface area contributed by atoms with Crippen molar-refractivity contribution in [2.24, 2.45) is 7.05 Å². The predicted octanol–water partition coefficient (Wildman–Crippen LogP) is 1.25. The van der Waals surface area contributed by atoms with E-state index in [2.05, 4.69) is 10.4 Å². The van der Waals surface area contributed by atoms with Crippen LogP contribution in [0.15, 0.2) is 24.3 Å². The smallest absolute Gasteiger partial charge is 0.266 e. The lowest BCUT2D eigenvalue weighted by Gasteiger charge is -2.12. The van der Waals surface area contributed by atoms with Crippen molar-refractivity contribution < 1.29 is 9.53 Å². The minimum atomic E-state index is -0.526. The fraction of sp³-hybridized carbons (Fsp3) is 0.286. The molecule has 3 N–H and O–H groups in total. The van der Waals surface area contributed by atoms with E-state index >= 15 is 0 Å². The zero-order valence-corrected chi connectivity index (χ0v) is 11.4. The normalized spacial score (nSPS) is 16.6. The lowest BCUT2D eigenvalue weighted by molar-refractivity contribution is -0.122. The summed E-state index contributed by atoms with van der Waals surface area (Å²) >= 11 is 0. The van der Waals surface area contributed by atoms with Gasteiger partial charge >= 0.3 is 0 Å². The Morgan fingerprint density at radius 1 is 1.50 bits per heavy atom. The minimum Gasteiger partial charge on any atom is -0.480 e. The Hall–Kier alpha value is -2.50. The van der Waals surface area contributed by atoms with Crippen molar-refractivity contribution in [2.45, 2.75) is 19.4 Å². The van der Waals surface area contributed by atoms with Gasteiger partial charge in [0.05, 0.1) is 11.4 Å². The van der Waals surface area contributed by atoms with Gasteiger partial charge < -0.3 is 15.8 Å². The van der Waals surface area contributed by atoms with Crippen LogP contribution < -0.4 is 15.8 Å². The molecule has 1 aliphatic rings. The number of para-hydroxylation sites is 1. The second-order valence-electron chi connectivity index (χ2n) is 4.88. The van der Waals surface area contributed by atoms with Crippen molar-refractivity contribution in [1.82, 2.24) is 9.78 Å². The molecule has 0 saturated heterocycles. The quantitative estimate of drug-likeness (QED) is 0.862. The number of carbonyl (C=O) groups is 1. The van der Waals surface area contributed by atoms with Crippen LogP contribution in [0, 0.1) is 6.92 Å². The lowest BCUT2D eigenvalue weighted by Crippen LogP contribution is -2.32. The molecule has 1 atom stereocenters. The van der Waals surface area contributed by atoms with Crippen LogP contribution in [0.4, 0.5) is 11.5 Å². The van der Waals surface area contributed by atoms with E-state index in [9.17, 15) is 4.79 Å². The van der Waals surface area contributed by atoms with Crippen molar-refractivity contribution in [3.8, 4) is 5.75 Å². The molecule has 0 spiro atoms. The Morgan fingerprint density at radius 3 is 2.90 bits per heavy atom. The van der Waals surface area contributed by atoms with Gasteiger partial charge in [-0.05, 0) is 18.6 Å². The summed E-state index contributed by atoms with van der Waals surface area (Å²) in [6, 6.07) is 7.66. The number of nitrogens with two attached hydrogens (primary N) is 1. The molecule has 0 aliphatic carbocycles. The number of nitrogen functional groups attached to an aromatic ring is 1. The maximum Gasteiger partial charge on any atom is 0.266 e. The third kappa shape index (κ3) is 1.99.